The van der Waals surface area contributed by atoms with Crippen LogP contribution in [0.3, 0.4) is 0 Å². The summed E-state index contributed by atoms with van der Waals surface area (Å²) in [5.74, 6) is 0. The van der Waals surface area contributed by atoms with E-state index in [2.05, 4.69) is 48.5 Å². The summed E-state index contributed by atoms with van der Waals surface area (Å²) in [5, 5.41) is 5.43. The fraction of sp³-hybridized carbons (Fsp3) is 0.222. The van der Waals surface area contributed by atoms with E-state index in [1.54, 1.807) is 0 Å². The minimum atomic E-state index is 0.222. The molecule has 2 N–H and O–H groups in total. The van der Waals surface area contributed by atoms with Crippen LogP contribution in [-0.2, 0) is 6.42 Å². The zero-order chi connectivity index (χ0) is 12.8. The van der Waals surface area contributed by atoms with Gasteiger partial charge in [-0.25, -0.2) is 0 Å². The van der Waals surface area contributed by atoms with Gasteiger partial charge in [-0.3, -0.25) is 0 Å². The molecule has 94 valence electrons. The van der Waals surface area contributed by atoms with E-state index >= 15 is 0 Å². The van der Waals surface area contributed by atoms with E-state index in [0.29, 0.717) is 0 Å². The van der Waals surface area contributed by atoms with Gasteiger partial charge in [0.05, 0.1) is 0 Å². The Morgan fingerprint density at radius 1 is 0.842 bits per heavy atom. The number of hydrogen-bond acceptors (Lipinski definition) is 1. The second-order valence-corrected chi connectivity index (χ2v) is 5.51. The molecule has 3 aromatic carbocycles. The van der Waals surface area contributed by atoms with Crippen molar-refractivity contribution in [2.45, 2.75) is 25.3 Å². The van der Waals surface area contributed by atoms with Gasteiger partial charge in [-0.05, 0) is 51.9 Å². The van der Waals surface area contributed by atoms with Crippen molar-refractivity contribution in [3.05, 3.63) is 59.7 Å². The lowest BCUT2D eigenvalue weighted by molar-refractivity contribution is 0.573. The molecule has 1 nitrogen and oxygen atoms in total. The first-order valence-corrected chi connectivity index (χ1v) is 7.03. The van der Waals surface area contributed by atoms with E-state index in [1.807, 2.05) is 0 Å². The Labute approximate surface area is 113 Å². The Hall–Kier alpha value is -1.86. The Balaban J connectivity index is 2.13. The molecule has 1 heteroatoms. The van der Waals surface area contributed by atoms with Crippen molar-refractivity contribution in [3.63, 3.8) is 0 Å². The quantitative estimate of drug-likeness (QED) is 0.588. The Kier molecular flexibility index (Phi) is 2.36. The van der Waals surface area contributed by atoms with E-state index in [9.17, 15) is 0 Å². The van der Waals surface area contributed by atoms with E-state index in [1.165, 1.54) is 45.5 Å². The molecule has 3 aromatic rings. The summed E-state index contributed by atoms with van der Waals surface area (Å²) in [6.45, 7) is 0. The topological polar surface area (TPSA) is 26.0 Å². The fourth-order valence-electron chi connectivity index (χ4n) is 3.45. The van der Waals surface area contributed by atoms with Crippen molar-refractivity contribution in [1.29, 1.82) is 0 Å². The maximum Gasteiger partial charge on any atom is 0.0297 e. The molecule has 4 rings (SSSR count). The normalized spacial score (nSPS) is 18.7. The lowest BCUT2D eigenvalue weighted by Gasteiger charge is -2.24. The zero-order valence-electron chi connectivity index (χ0n) is 10.9. The van der Waals surface area contributed by atoms with Crippen LogP contribution in [0, 0.1) is 0 Å². The average molecular weight is 247 g/mol. The Bertz CT molecular complexity index is 773. The smallest absolute Gasteiger partial charge is 0.0297 e. The summed E-state index contributed by atoms with van der Waals surface area (Å²) in [4.78, 5) is 0. The summed E-state index contributed by atoms with van der Waals surface area (Å²) in [6, 6.07) is 17.8. The second-order valence-electron chi connectivity index (χ2n) is 5.51. The zero-order valence-corrected chi connectivity index (χ0v) is 10.9. The number of nitrogens with two attached hydrogens (primary N) is 1. The number of benzene rings is 3. The molecule has 1 aliphatic carbocycles. The van der Waals surface area contributed by atoms with E-state index in [-0.39, 0.29) is 6.04 Å². The summed E-state index contributed by atoms with van der Waals surface area (Å²) < 4.78 is 0. The lowest BCUT2D eigenvalue weighted by Crippen LogP contribution is -2.17. The van der Waals surface area contributed by atoms with Gasteiger partial charge in [-0.1, -0.05) is 48.5 Å². The molecule has 1 unspecified atom stereocenters. The van der Waals surface area contributed by atoms with Crippen molar-refractivity contribution in [2.24, 2.45) is 5.73 Å². The molecule has 0 aromatic heterocycles. The minimum absolute atomic E-state index is 0.222. The van der Waals surface area contributed by atoms with Crippen LogP contribution in [0.15, 0.2) is 48.5 Å². The van der Waals surface area contributed by atoms with Gasteiger partial charge in [-0.15, -0.1) is 0 Å². The first-order chi connectivity index (χ1) is 9.34. The van der Waals surface area contributed by atoms with Crippen LogP contribution < -0.4 is 5.73 Å². The van der Waals surface area contributed by atoms with Gasteiger partial charge in [0.2, 0.25) is 0 Å². The Morgan fingerprint density at radius 3 is 2.63 bits per heavy atom. The average Bonchev–Trinajstić information content (AvgIpc) is 2.47. The highest BCUT2D eigenvalue weighted by Gasteiger charge is 2.18. The summed E-state index contributed by atoms with van der Waals surface area (Å²) in [6.07, 6.45) is 3.49. The predicted molar refractivity (Wildman–Crippen MR) is 81.3 cm³/mol. The molecule has 0 spiro atoms. The van der Waals surface area contributed by atoms with Crippen LogP contribution in [0.4, 0.5) is 0 Å². The van der Waals surface area contributed by atoms with Crippen LogP contribution in [0.1, 0.15) is 30.0 Å². The summed E-state index contributed by atoms with van der Waals surface area (Å²) in [7, 11) is 0. The number of fused-ring (bicyclic) bond motifs is 5. The maximum absolute atomic E-state index is 6.25. The van der Waals surface area contributed by atoms with Gasteiger partial charge >= 0.3 is 0 Å². The maximum atomic E-state index is 6.25. The van der Waals surface area contributed by atoms with Crippen LogP contribution in [-0.4, -0.2) is 0 Å². The van der Waals surface area contributed by atoms with Gasteiger partial charge in [0.1, 0.15) is 0 Å². The SMILES string of the molecule is NC1CCCc2c1ccc1c2ccc2ccccc21. The van der Waals surface area contributed by atoms with Gasteiger partial charge < -0.3 is 5.73 Å². The van der Waals surface area contributed by atoms with Crippen molar-refractivity contribution < 1.29 is 0 Å². The molecule has 0 fully saturated rings. The summed E-state index contributed by atoms with van der Waals surface area (Å²) in [5.41, 5.74) is 9.08. The highest BCUT2D eigenvalue weighted by Crippen LogP contribution is 2.36. The van der Waals surface area contributed by atoms with E-state index in [4.69, 9.17) is 5.73 Å². The molecule has 0 amide bonds. The number of hydrogen-bond donors (Lipinski definition) is 1. The van der Waals surface area contributed by atoms with Crippen LogP contribution >= 0.6 is 0 Å². The van der Waals surface area contributed by atoms with Crippen molar-refractivity contribution in [2.75, 3.05) is 0 Å². The van der Waals surface area contributed by atoms with E-state index < -0.39 is 0 Å². The highest BCUT2D eigenvalue weighted by molar-refractivity contribution is 6.08. The van der Waals surface area contributed by atoms with Crippen LogP contribution in [0.5, 0.6) is 0 Å². The van der Waals surface area contributed by atoms with Crippen LogP contribution in [0.2, 0.25) is 0 Å². The van der Waals surface area contributed by atoms with E-state index in [0.717, 1.165) is 6.42 Å². The molecule has 19 heavy (non-hydrogen) atoms. The Morgan fingerprint density at radius 2 is 1.68 bits per heavy atom. The predicted octanol–water partition coefficient (Wildman–Crippen LogP) is 4.33. The molecular formula is C18H17N. The number of aryl methyl sites for hydroxylation is 1. The molecule has 0 saturated carbocycles. The first-order valence-electron chi connectivity index (χ1n) is 7.03. The standard InChI is InChI=1S/C18H17N/c19-18-7-3-6-14-16-9-8-12-4-1-2-5-13(12)15(16)10-11-17(14)18/h1-2,4-5,8-11,18H,3,6-7,19H2. The highest BCUT2D eigenvalue weighted by atomic mass is 14.6. The van der Waals surface area contributed by atoms with Gasteiger partial charge in [0.15, 0.2) is 0 Å². The molecule has 0 aliphatic heterocycles. The molecule has 1 aliphatic rings. The van der Waals surface area contributed by atoms with Crippen LogP contribution in [0.25, 0.3) is 21.5 Å². The van der Waals surface area contributed by atoms with Gasteiger partial charge in [-0.2, -0.15) is 0 Å². The third kappa shape index (κ3) is 1.58. The van der Waals surface area contributed by atoms with Gasteiger partial charge in [0.25, 0.3) is 0 Å². The van der Waals surface area contributed by atoms with Crippen molar-refractivity contribution >= 4 is 21.5 Å². The minimum Gasteiger partial charge on any atom is -0.324 e. The molecule has 1 atom stereocenters. The third-order valence-electron chi connectivity index (χ3n) is 4.42. The fourth-order valence-corrected chi connectivity index (χ4v) is 3.45. The lowest BCUT2D eigenvalue weighted by atomic mass is 9.84. The molecule has 0 heterocycles. The number of rotatable bonds is 0. The molecular weight excluding hydrogens is 230 g/mol. The largest absolute Gasteiger partial charge is 0.324 e. The first kappa shape index (κ1) is 11.0. The second kappa shape index (κ2) is 4.07. The molecule has 0 radical (unpaired) electrons. The molecule has 0 bridgehead atoms. The molecule has 0 saturated heterocycles. The third-order valence-corrected chi connectivity index (χ3v) is 4.42. The monoisotopic (exact) mass is 247 g/mol. The van der Waals surface area contributed by atoms with Crippen molar-refractivity contribution in [1.82, 2.24) is 0 Å². The summed E-state index contributed by atoms with van der Waals surface area (Å²) >= 11 is 0. The van der Waals surface area contributed by atoms with Crippen molar-refractivity contribution in [3.8, 4) is 0 Å². The van der Waals surface area contributed by atoms with Gasteiger partial charge in [0, 0.05) is 6.04 Å².